The van der Waals surface area contributed by atoms with Gasteiger partial charge in [-0.05, 0) is 36.2 Å². The third kappa shape index (κ3) is 2.49. The van der Waals surface area contributed by atoms with E-state index in [2.05, 4.69) is 20.9 Å². The van der Waals surface area contributed by atoms with Crippen molar-refractivity contribution in [2.24, 2.45) is 0 Å². The minimum atomic E-state index is -0.624. The summed E-state index contributed by atoms with van der Waals surface area (Å²) in [5.41, 5.74) is 3.50. The Hall–Kier alpha value is -1.65. The number of para-hydroxylation sites is 2. The first-order valence-corrected chi connectivity index (χ1v) is 7.22. The number of halogens is 1. The summed E-state index contributed by atoms with van der Waals surface area (Å²) < 4.78 is 6.64. The Labute approximate surface area is 125 Å². The van der Waals surface area contributed by atoms with Crippen molar-refractivity contribution in [1.29, 1.82) is 0 Å². The molecule has 1 heterocycles. The molecule has 4 heteroatoms. The van der Waals surface area contributed by atoms with E-state index in [0.717, 1.165) is 26.7 Å². The minimum absolute atomic E-state index is 0.367. The zero-order valence-electron chi connectivity index (χ0n) is 11.0. The van der Waals surface area contributed by atoms with E-state index in [1.807, 2.05) is 49.4 Å². The van der Waals surface area contributed by atoms with Crippen molar-refractivity contribution in [3.8, 4) is 0 Å². The van der Waals surface area contributed by atoms with E-state index in [1.54, 1.807) is 0 Å². The number of hydrogen-bond acceptors (Lipinski definition) is 3. The second-order valence-electron chi connectivity index (χ2n) is 4.75. The molecule has 0 aliphatic carbocycles. The first-order chi connectivity index (χ1) is 9.65. The molecule has 0 amide bonds. The van der Waals surface area contributed by atoms with Gasteiger partial charge in [-0.1, -0.05) is 40.2 Å². The van der Waals surface area contributed by atoms with Crippen LogP contribution in [0.4, 0.5) is 0 Å². The largest absolute Gasteiger partial charge is 0.441 e. The molecule has 1 atom stereocenters. The van der Waals surface area contributed by atoms with Crippen LogP contribution in [-0.4, -0.2) is 10.1 Å². The third-order valence-electron chi connectivity index (χ3n) is 3.37. The zero-order chi connectivity index (χ0) is 14.1. The summed E-state index contributed by atoms with van der Waals surface area (Å²) in [6, 6.07) is 13.4. The van der Waals surface area contributed by atoms with Gasteiger partial charge in [0.25, 0.3) is 0 Å². The summed E-state index contributed by atoms with van der Waals surface area (Å²) in [5.74, 6) is 0.554. The van der Waals surface area contributed by atoms with Gasteiger partial charge in [0.2, 0.25) is 0 Å². The van der Waals surface area contributed by atoms with Gasteiger partial charge in [0.15, 0.2) is 11.5 Å². The molecule has 2 aromatic carbocycles. The van der Waals surface area contributed by atoms with E-state index in [1.165, 1.54) is 0 Å². The predicted octanol–water partition coefficient (Wildman–Crippen LogP) is 4.17. The second-order valence-corrected chi connectivity index (χ2v) is 5.60. The van der Waals surface area contributed by atoms with E-state index >= 15 is 0 Å². The van der Waals surface area contributed by atoms with Crippen molar-refractivity contribution in [2.75, 3.05) is 0 Å². The van der Waals surface area contributed by atoms with Crippen LogP contribution in [0.5, 0.6) is 0 Å². The molecule has 1 aromatic heterocycles. The second kappa shape index (κ2) is 5.38. The zero-order valence-corrected chi connectivity index (χ0v) is 12.6. The Bertz CT molecular complexity index is 718. The topological polar surface area (TPSA) is 46.3 Å². The summed E-state index contributed by atoms with van der Waals surface area (Å²) in [6.45, 7) is 1.98. The van der Waals surface area contributed by atoms with E-state index in [9.17, 15) is 5.11 Å². The smallest absolute Gasteiger partial charge is 0.198 e. The predicted molar refractivity (Wildman–Crippen MR) is 81.6 cm³/mol. The Morgan fingerprint density at radius 1 is 1.20 bits per heavy atom. The highest BCUT2D eigenvalue weighted by molar-refractivity contribution is 9.10. The lowest BCUT2D eigenvalue weighted by Crippen LogP contribution is -2.04. The SMILES string of the molecule is Cc1c(Br)cccc1C(O)Cc1nc2ccccc2o1. The normalized spacial score (nSPS) is 12.8. The summed E-state index contributed by atoms with van der Waals surface area (Å²) >= 11 is 3.48. The average Bonchev–Trinajstić information content (AvgIpc) is 2.83. The number of nitrogens with zero attached hydrogens (tertiary/aromatic N) is 1. The molecule has 3 nitrogen and oxygen atoms in total. The van der Waals surface area contributed by atoms with Gasteiger partial charge in [-0.2, -0.15) is 0 Å². The molecule has 0 aliphatic rings. The number of fused-ring (bicyclic) bond motifs is 1. The van der Waals surface area contributed by atoms with Crippen molar-refractivity contribution in [3.05, 3.63) is 64.0 Å². The van der Waals surface area contributed by atoms with Crippen molar-refractivity contribution in [1.82, 2.24) is 4.98 Å². The fraction of sp³-hybridized carbons (Fsp3) is 0.188. The lowest BCUT2D eigenvalue weighted by molar-refractivity contribution is 0.168. The first-order valence-electron chi connectivity index (χ1n) is 6.42. The Morgan fingerprint density at radius 2 is 2.00 bits per heavy atom. The van der Waals surface area contributed by atoms with Gasteiger partial charge in [-0.25, -0.2) is 4.98 Å². The molecule has 3 aromatic rings. The Kier molecular flexibility index (Phi) is 3.59. The summed E-state index contributed by atoms with van der Waals surface area (Å²) in [5, 5.41) is 10.4. The molecule has 0 spiro atoms. The van der Waals surface area contributed by atoms with Crippen LogP contribution in [0.1, 0.15) is 23.1 Å². The molecule has 0 saturated carbocycles. The highest BCUT2D eigenvalue weighted by atomic mass is 79.9. The molecule has 0 saturated heterocycles. The van der Waals surface area contributed by atoms with Crippen LogP contribution >= 0.6 is 15.9 Å². The minimum Gasteiger partial charge on any atom is -0.441 e. The van der Waals surface area contributed by atoms with Gasteiger partial charge in [0.05, 0.1) is 12.5 Å². The van der Waals surface area contributed by atoms with Crippen LogP contribution in [0.15, 0.2) is 51.4 Å². The van der Waals surface area contributed by atoms with Crippen LogP contribution in [0.2, 0.25) is 0 Å². The standard InChI is InChI=1S/C16H14BrNO2/c1-10-11(5-4-6-12(10)17)14(19)9-16-18-13-7-2-3-8-15(13)20-16/h2-8,14,19H,9H2,1H3. The Morgan fingerprint density at radius 3 is 2.80 bits per heavy atom. The van der Waals surface area contributed by atoms with E-state index < -0.39 is 6.10 Å². The summed E-state index contributed by atoms with van der Waals surface area (Å²) in [4.78, 5) is 4.39. The number of aliphatic hydroxyl groups excluding tert-OH is 1. The monoisotopic (exact) mass is 331 g/mol. The maximum Gasteiger partial charge on any atom is 0.198 e. The van der Waals surface area contributed by atoms with Gasteiger partial charge in [-0.15, -0.1) is 0 Å². The van der Waals surface area contributed by atoms with Crippen molar-refractivity contribution in [2.45, 2.75) is 19.4 Å². The van der Waals surface area contributed by atoms with E-state index in [-0.39, 0.29) is 0 Å². The fourth-order valence-electron chi connectivity index (χ4n) is 2.27. The molecular weight excluding hydrogens is 318 g/mol. The number of rotatable bonds is 3. The molecule has 0 bridgehead atoms. The van der Waals surface area contributed by atoms with Crippen molar-refractivity contribution < 1.29 is 9.52 Å². The highest BCUT2D eigenvalue weighted by Gasteiger charge is 2.16. The average molecular weight is 332 g/mol. The van der Waals surface area contributed by atoms with Gasteiger partial charge >= 0.3 is 0 Å². The fourth-order valence-corrected chi connectivity index (χ4v) is 2.65. The molecule has 0 aliphatic heterocycles. The first kappa shape index (κ1) is 13.3. The lowest BCUT2D eigenvalue weighted by atomic mass is 10.0. The molecule has 20 heavy (non-hydrogen) atoms. The van der Waals surface area contributed by atoms with Gasteiger partial charge in [0, 0.05) is 4.47 Å². The van der Waals surface area contributed by atoms with Crippen LogP contribution in [0.3, 0.4) is 0 Å². The molecule has 0 radical (unpaired) electrons. The van der Waals surface area contributed by atoms with E-state index in [4.69, 9.17) is 4.42 Å². The molecule has 102 valence electrons. The highest BCUT2D eigenvalue weighted by Crippen LogP contribution is 2.27. The molecule has 1 unspecified atom stereocenters. The number of aliphatic hydroxyl groups is 1. The summed E-state index contributed by atoms with van der Waals surface area (Å²) in [6.07, 6.45) is -0.257. The molecular formula is C16H14BrNO2. The van der Waals surface area contributed by atoms with Crippen LogP contribution in [-0.2, 0) is 6.42 Å². The summed E-state index contributed by atoms with van der Waals surface area (Å²) in [7, 11) is 0. The maximum atomic E-state index is 10.4. The van der Waals surface area contributed by atoms with Crippen LogP contribution in [0, 0.1) is 6.92 Å². The van der Waals surface area contributed by atoms with Gasteiger partial charge in [-0.3, -0.25) is 0 Å². The van der Waals surface area contributed by atoms with Gasteiger partial charge in [0.1, 0.15) is 5.52 Å². The molecule has 1 N–H and O–H groups in total. The number of hydrogen-bond donors (Lipinski definition) is 1. The van der Waals surface area contributed by atoms with Crippen molar-refractivity contribution >= 4 is 27.0 Å². The Balaban J connectivity index is 1.88. The third-order valence-corrected chi connectivity index (χ3v) is 4.23. The van der Waals surface area contributed by atoms with Gasteiger partial charge < -0.3 is 9.52 Å². The lowest BCUT2D eigenvalue weighted by Gasteiger charge is -2.12. The van der Waals surface area contributed by atoms with Crippen molar-refractivity contribution in [3.63, 3.8) is 0 Å². The number of oxazole rings is 1. The van der Waals surface area contributed by atoms with Crippen LogP contribution < -0.4 is 0 Å². The van der Waals surface area contributed by atoms with E-state index in [0.29, 0.717) is 12.3 Å². The molecule has 0 fully saturated rings. The van der Waals surface area contributed by atoms with Crippen LogP contribution in [0.25, 0.3) is 11.1 Å². The number of aromatic nitrogens is 1. The quantitative estimate of drug-likeness (QED) is 0.783. The molecule has 3 rings (SSSR count). The number of benzene rings is 2. The maximum absolute atomic E-state index is 10.4.